The number of nitrogens with one attached hydrogen (secondary N) is 1. The molecule has 2 N–H and O–H groups in total. The van der Waals surface area contributed by atoms with Crippen LogP contribution < -0.4 is 4.74 Å². The van der Waals surface area contributed by atoms with Gasteiger partial charge in [0.1, 0.15) is 16.5 Å². The average Bonchev–Trinajstić information content (AvgIpc) is 3.16. The van der Waals surface area contributed by atoms with Crippen LogP contribution in [0, 0.1) is 0 Å². The van der Waals surface area contributed by atoms with Crippen LogP contribution in [-0.2, 0) is 11.2 Å². The Morgan fingerprint density at radius 2 is 2.03 bits per heavy atom. The van der Waals surface area contributed by atoms with Crippen molar-refractivity contribution < 1.29 is 14.6 Å². The first-order chi connectivity index (χ1) is 14.1. The number of aliphatic carboxylic acids is 1. The summed E-state index contributed by atoms with van der Waals surface area (Å²) < 4.78 is 5.97. The molecule has 0 aliphatic rings. The molecular formula is C22H25N3O3S. The Hall–Kier alpha value is -2.80. The number of unbranched alkanes of at least 4 members (excludes halogenated alkanes) is 1. The van der Waals surface area contributed by atoms with Gasteiger partial charge in [0.25, 0.3) is 0 Å². The molecule has 0 atom stereocenters. The lowest BCUT2D eigenvalue weighted by molar-refractivity contribution is -0.131. The van der Waals surface area contributed by atoms with Gasteiger partial charge in [0.05, 0.1) is 6.61 Å². The number of carboxylic acids is 1. The molecule has 0 aliphatic heterocycles. The van der Waals surface area contributed by atoms with Gasteiger partial charge in [0, 0.05) is 12.0 Å². The van der Waals surface area contributed by atoms with E-state index >= 15 is 0 Å². The summed E-state index contributed by atoms with van der Waals surface area (Å²) >= 11 is 1.04. The number of aryl methyl sites for hydroxylation is 1. The molecule has 1 aromatic heterocycles. The molecule has 6 nitrogen and oxygen atoms in total. The zero-order valence-electron chi connectivity index (χ0n) is 16.6. The maximum absolute atomic E-state index is 12.0. The van der Waals surface area contributed by atoms with E-state index in [-0.39, 0.29) is 4.91 Å². The van der Waals surface area contributed by atoms with Crippen molar-refractivity contribution in [3.8, 4) is 5.75 Å². The number of rotatable bonds is 10. The molecular weight excluding hydrogens is 386 g/mol. The molecule has 0 fully saturated rings. The zero-order valence-corrected chi connectivity index (χ0v) is 17.5. The summed E-state index contributed by atoms with van der Waals surface area (Å²) in [6, 6.07) is 11.8. The van der Waals surface area contributed by atoms with Gasteiger partial charge in [-0.05, 0) is 47.5 Å². The van der Waals surface area contributed by atoms with Gasteiger partial charge in [0.15, 0.2) is 0 Å². The predicted octanol–water partition coefficient (Wildman–Crippen LogP) is 5.31. The van der Waals surface area contributed by atoms with Crippen LogP contribution in [0.25, 0.3) is 16.8 Å². The van der Waals surface area contributed by atoms with Gasteiger partial charge in [-0.1, -0.05) is 50.6 Å². The zero-order chi connectivity index (χ0) is 20.6. The number of aromatic amines is 1. The van der Waals surface area contributed by atoms with Crippen molar-refractivity contribution in [2.75, 3.05) is 6.61 Å². The monoisotopic (exact) mass is 411 g/mol. The van der Waals surface area contributed by atoms with E-state index in [0.29, 0.717) is 17.5 Å². The van der Waals surface area contributed by atoms with Crippen molar-refractivity contribution in [1.29, 1.82) is 0 Å². The van der Waals surface area contributed by atoms with Gasteiger partial charge < -0.3 is 9.84 Å². The highest BCUT2D eigenvalue weighted by Crippen LogP contribution is 2.34. The maximum Gasteiger partial charge on any atom is 0.342 e. The number of hydrogen-bond donors (Lipinski definition) is 2. The molecule has 2 aromatic carbocycles. The Bertz CT molecular complexity index is 1010. The van der Waals surface area contributed by atoms with Crippen LogP contribution in [0.5, 0.6) is 5.75 Å². The first kappa shape index (κ1) is 20.9. The highest BCUT2D eigenvalue weighted by Gasteiger charge is 2.16. The minimum absolute atomic E-state index is 0.142. The highest BCUT2D eigenvalue weighted by molar-refractivity contribution is 8.04. The summed E-state index contributed by atoms with van der Waals surface area (Å²) in [5, 5.41) is 19.2. The molecule has 0 unspecified atom stereocenters. The average molecular weight is 412 g/mol. The molecule has 0 saturated heterocycles. The number of ether oxygens (including phenoxy) is 1. The molecule has 0 amide bonds. The van der Waals surface area contributed by atoms with Crippen molar-refractivity contribution in [3.05, 3.63) is 52.7 Å². The first-order valence-electron chi connectivity index (χ1n) is 9.81. The topological polar surface area (TPSA) is 88.1 Å². The molecule has 7 heteroatoms. The quantitative estimate of drug-likeness (QED) is 0.267. The summed E-state index contributed by atoms with van der Waals surface area (Å²) in [5.41, 5.74) is 0.758. The van der Waals surface area contributed by atoms with Crippen LogP contribution in [0.2, 0.25) is 0 Å². The van der Waals surface area contributed by atoms with Crippen LogP contribution in [0.3, 0.4) is 0 Å². The summed E-state index contributed by atoms with van der Waals surface area (Å²) in [7, 11) is 0. The second-order valence-corrected chi connectivity index (χ2v) is 7.64. The fraction of sp³-hybridized carbons (Fsp3) is 0.318. The van der Waals surface area contributed by atoms with Crippen molar-refractivity contribution in [2.24, 2.45) is 0 Å². The minimum Gasteiger partial charge on any atom is -0.493 e. The Balaban J connectivity index is 2.00. The molecule has 152 valence electrons. The van der Waals surface area contributed by atoms with Gasteiger partial charge in [-0.2, -0.15) is 0 Å². The number of carbonyl (C=O) groups is 1. The number of benzene rings is 2. The van der Waals surface area contributed by atoms with E-state index in [4.69, 9.17) is 4.74 Å². The van der Waals surface area contributed by atoms with Crippen molar-refractivity contribution >= 4 is 34.6 Å². The fourth-order valence-electron chi connectivity index (χ4n) is 2.91. The summed E-state index contributed by atoms with van der Waals surface area (Å²) in [6.45, 7) is 4.75. The number of thioether (sulfide) groups is 1. The fourth-order valence-corrected chi connectivity index (χ4v) is 3.62. The lowest BCUT2D eigenvalue weighted by Crippen LogP contribution is -2.01. The van der Waals surface area contributed by atoms with Gasteiger partial charge in [-0.25, -0.2) is 9.78 Å². The molecule has 1 heterocycles. The Kier molecular flexibility index (Phi) is 7.30. The number of nitrogens with zero attached hydrogens (tertiary/aromatic N) is 2. The van der Waals surface area contributed by atoms with E-state index < -0.39 is 5.97 Å². The van der Waals surface area contributed by atoms with Gasteiger partial charge in [-0.3, -0.25) is 5.10 Å². The van der Waals surface area contributed by atoms with Crippen molar-refractivity contribution in [1.82, 2.24) is 15.2 Å². The standard InChI is InChI=1S/C22H25N3O3S/c1-3-5-13-28-18-12-11-15-9-6-7-10-16(15)17(18)14-19(21(26)27)29-22-23-20(8-4-2)24-25-22/h6-7,9-12,14H,3-5,8,13H2,1-2H3,(H,26,27)(H,23,24,25)/b19-14-. The third-order valence-corrected chi connectivity index (χ3v) is 5.25. The number of H-pyrrole nitrogens is 1. The van der Waals surface area contributed by atoms with Crippen molar-refractivity contribution in [3.63, 3.8) is 0 Å². The molecule has 29 heavy (non-hydrogen) atoms. The lowest BCUT2D eigenvalue weighted by atomic mass is 10.0. The third-order valence-electron chi connectivity index (χ3n) is 4.37. The van der Waals surface area contributed by atoms with Crippen LogP contribution in [0.4, 0.5) is 0 Å². The highest BCUT2D eigenvalue weighted by atomic mass is 32.2. The van der Waals surface area contributed by atoms with E-state index in [1.165, 1.54) is 0 Å². The van der Waals surface area contributed by atoms with Crippen LogP contribution in [0.15, 0.2) is 46.5 Å². The second-order valence-electron chi connectivity index (χ2n) is 6.63. The molecule has 0 saturated carbocycles. The first-order valence-corrected chi connectivity index (χ1v) is 10.6. The normalized spacial score (nSPS) is 11.7. The molecule has 0 radical (unpaired) electrons. The van der Waals surface area contributed by atoms with Crippen LogP contribution >= 0.6 is 11.8 Å². The molecule has 0 aliphatic carbocycles. The minimum atomic E-state index is -1.02. The van der Waals surface area contributed by atoms with Crippen LogP contribution in [0.1, 0.15) is 44.5 Å². The van der Waals surface area contributed by atoms with E-state index in [2.05, 4.69) is 29.0 Å². The predicted molar refractivity (Wildman–Crippen MR) is 116 cm³/mol. The maximum atomic E-state index is 12.0. The van der Waals surface area contributed by atoms with Crippen LogP contribution in [-0.4, -0.2) is 32.9 Å². The van der Waals surface area contributed by atoms with E-state index in [1.807, 2.05) is 36.4 Å². The number of carboxylic acid groups (broad SMARTS) is 1. The lowest BCUT2D eigenvalue weighted by Gasteiger charge is -2.12. The summed E-state index contributed by atoms with van der Waals surface area (Å²) in [6.07, 6.45) is 5.34. The number of hydrogen-bond acceptors (Lipinski definition) is 5. The smallest absolute Gasteiger partial charge is 0.342 e. The molecule has 0 bridgehead atoms. The molecule has 0 spiro atoms. The van der Waals surface area contributed by atoms with Gasteiger partial charge >= 0.3 is 5.97 Å². The molecule has 3 rings (SSSR count). The Labute approximate surface area is 174 Å². The Morgan fingerprint density at radius 1 is 1.21 bits per heavy atom. The second kappa shape index (κ2) is 10.1. The number of aromatic nitrogens is 3. The van der Waals surface area contributed by atoms with Gasteiger partial charge in [0.2, 0.25) is 5.16 Å². The van der Waals surface area contributed by atoms with E-state index in [0.717, 1.165) is 59.6 Å². The summed E-state index contributed by atoms with van der Waals surface area (Å²) in [4.78, 5) is 16.5. The SMILES string of the molecule is CCCCOc1ccc2ccccc2c1/C=C(\Sc1n[nH]c(CCC)n1)C(=O)O. The third kappa shape index (κ3) is 5.38. The van der Waals surface area contributed by atoms with E-state index in [9.17, 15) is 9.90 Å². The molecule has 3 aromatic rings. The van der Waals surface area contributed by atoms with Crippen molar-refractivity contribution in [2.45, 2.75) is 44.7 Å². The number of fused-ring (bicyclic) bond motifs is 1. The Morgan fingerprint density at radius 3 is 2.79 bits per heavy atom. The van der Waals surface area contributed by atoms with E-state index in [1.54, 1.807) is 6.08 Å². The summed E-state index contributed by atoms with van der Waals surface area (Å²) in [5.74, 6) is 0.413. The van der Waals surface area contributed by atoms with Gasteiger partial charge in [-0.15, -0.1) is 5.10 Å². The largest absolute Gasteiger partial charge is 0.493 e.